The highest BCUT2D eigenvalue weighted by Crippen LogP contribution is 2.35. The topological polar surface area (TPSA) is 37.7 Å². The first-order chi connectivity index (χ1) is 32.1. The Hall–Kier alpha value is -6.65. The van der Waals surface area contributed by atoms with E-state index in [0.29, 0.717) is 13.1 Å². The molecule has 0 bridgehead atoms. The van der Waals surface area contributed by atoms with Crippen LogP contribution in [0.5, 0.6) is 0 Å². The number of hydrogen-bond donors (Lipinski definition) is 2. The van der Waals surface area contributed by atoms with Crippen LogP contribution in [0.4, 0.5) is 45.5 Å². The van der Waals surface area contributed by atoms with Gasteiger partial charge < -0.3 is 9.80 Å². The highest BCUT2D eigenvalue weighted by Gasteiger charge is 2.17. The number of hydrogen-bond acceptors (Lipinski definition) is 9. The summed E-state index contributed by atoms with van der Waals surface area (Å²) in [4.78, 5) is 4.52. The second-order valence-electron chi connectivity index (χ2n) is 15.4. The lowest BCUT2D eigenvalue weighted by molar-refractivity contribution is 0.822. The van der Waals surface area contributed by atoms with E-state index in [-0.39, 0.29) is 10.5 Å². The summed E-state index contributed by atoms with van der Waals surface area (Å²) in [6.45, 7) is 1.30. The van der Waals surface area contributed by atoms with E-state index in [2.05, 4.69) is 180 Å². The van der Waals surface area contributed by atoms with Crippen LogP contribution in [0.1, 0.15) is 11.1 Å². The molecular weight excluding hydrogens is 853 g/mol. The Morgan fingerprint density at radius 1 is 0.338 bits per heavy atom. The fourth-order valence-corrected chi connectivity index (χ4v) is 9.21. The molecule has 8 aromatic rings. The molecule has 0 aliphatic heterocycles. The zero-order chi connectivity index (χ0) is 44.5. The quantitative estimate of drug-likeness (QED) is 0.0453. The number of hydrazone groups is 2. The maximum Gasteiger partial charge on any atom is 0.0594 e. The van der Waals surface area contributed by atoms with Crippen molar-refractivity contribution in [3.8, 4) is 0 Å². The average Bonchev–Trinajstić information content (AvgIpc) is 3.37. The summed E-state index contributed by atoms with van der Waals surface area (Å²) in [6.07, 6.45) is 3.86. The van der Waals surface area contributed by atoms with Crippen molar-refractivity contribution in [3.63, 3.8) is 0 Å². The van der Waals surface area contributed by atoms with E-state index >= 15 is 0 Å². The number of nitrogens with zero attached hydrogens (tertiary/aromatic N) is 6. The number of thioether (sulfide) groups is 1. The van der Waals surface area contributed by atoms with Crippen LogP contribution in [0.15, 0.2) is 241 Å². The lowest BCUT2D eigenvalue weighted by Crippen LogP contribution is -2.29. The smallest absolute Gasteiger partial charge is 0.0594 e. The molecule has 0 saturated heterocycles. The summed E-state index contributed by atoms with van der Waals surface area (Å²) in [5.41, 5.74) is 10.6. The maximum atomic E-state index is 5.07. The standard InChI is InChI=1S/C56H52N6S3/c63-55(41-59(47-19-7-1-8-20-47)57-39-45-31-35-53(36-32-45)61(49-23-11-3-12-24-49)50-25-13-4-14-26-50)43-65-44-56(64)42-60(48-21-9-2-10-22-48)58-40-46-33-37-54(38-34-46)62(51-27-15-5-16-28-51)52-29-17-6-18-30-52/h1-40,55-56,63-64H,41-44H2/b57-39+,58-40+. The Kier molecular flexibility index (Phi) is 16.1. The first-order valence-corrected chi connectivity index (χ1v) is 23.9. The van der Waals surface area contributed by atoms with Crippen LogP contribution in [0.25, 0.3) is 0 Å². The Balaban J connectivity index is 0.885. The molecule has 8 aromatic carbocycles. The summed E-state index contributed by atoms with van der Waals surface area (Å²) in [7, 11) is 0. The van der Waals surface area contributed by atoms with Crippen molar-refractivity contribution in [2.75, 3.05) is 44.4 Å². The van der Waals surface area contributed by atoms with Crippen molar-refractivity contribution >= 4 is 94.9 Å². The lowest BCUT2D eigenvalue weighted by Gasteiger charge is -2.25. The summed E-state index contributed by atoms with van der Waals surface area (Å²) in [6, 6.07) is 79.4. The molecule has 0 amide bonds. The zero-order valence-corrected chi connectivity index (χ0v) is 38.7. The van der Waals surface area contributed by atoms with Gasteiger partial charge in [-0.2, -0.15) is 47.2 Å². The third-order valence-corrected chi connectivity index (χ3v) is 13.0. The highest BCUT2D eigenvalue weighted by molar-refractivity contribution is 8.00. The van der Waals surface area contributed by atoms with E-state index in [1.54, 1.807) is 0 Å². The van der Waals surface area contributed by atoms with E-state index in [9.17, 15) is 0 Å². The fourth-order valence-electron chi connectivity index (χ4n) is 7.38. The molecule has 8 rings (SSSR count). The molecular formula is C56H52N6S3. The minimum Gasteiger partial charge on any atom is -0.311 e. The van der Waals surface area contributed by atoms with Crippen LogP contribution in [0.3, 0.4) is 0 Å². The monoisotopic (exact) mass is 904 g/mol. The highest BCUT2D eigenvalue weighted by atomic mass is 32.2. The number of rotatable bonds is 20. The predicted octanol–water partition coefficient (Wildman–Crippen LogP) is 14.3. The average molecular weight is 905 g/mol. The lowest BCUT2D eigenvalue weighted by atomic mass is 10.1. The largest absolute Gasteiger partial charge is 0.311 e. The SMILES string of the molecule is SC(CSCC(S)CN(/N=C/c1ccc(N(c2ccccc2)c2ccccc2)cc1)c1ccccc1)CN(/N=C/c1ccc(N(c2ccccc2)c2ccccc2)cc1)c1ccccc1. The fraction of sp³-hybridized carbons (Fsp3) is 0.107. The number of benzene rings is 8. The van der Waals surface area contributed by atoms with Gasteiger partial charge in [0.25, 0.3) is 0 Å². The first-order valence-electron chi connectivity index (χ1n) is 21.7. The van der Waals surface area contributed by atoms with Crippen LogP contribution in [-0.2, 0) is 0 Å². The van der Waals surface area contributed by atoms with Crippen molar-refractivity contribution in [1.82, 2.24) is 0 Å². The Morgan fingerprint density at radius 3 is 0.862 bits per heavy atom. The van der Waals surface area contributed by atoms with Gasteiger partial charge in [0.1, 0.15) is 0 Å². The molecule has 0 spiro atoms. The van der Waals surface area contributed by atoms with Crippen LogP contribution >= 0.6 is 37.0 Å². The van der Waals surface area contributed by atoms with Gasteiger partial charge in [0.2, 0.25) is 0 Å². The molecule has 324 valence electrons. The molecule has 0 aliphatic carbocycles. The third kappa shape index (κ3) is 12.8. The minimum atomic E-state index is 0.0662. The molecule has 2 atom stereocenters. The van der Waals surface area contributed by atoms with E-state index in [1.807, 2.05) is 94.9 Å². The van der Waals surface area contributed by atoms with Gasteiger partial charge in [-0.15, -0.1) is 0 Å². The van der Waals surface area contributed by atoms with Crippen molar-refractivity contribution in [1.29, 1.82) is 0 Å². The molecule has 9 heteroatoms. The maximum absolute atomic E-state index is 5.07. The van der Waals surface area contributed by atoms with E-state index in [4.69, 9.17) is 35.5 Å². The number of anilines is 8. The van der Waals surface area contributed by atoms with E-state index in [0.717, 1.165) is 68.1 Å². The molecule has 2 unspecified atom stereocenters. The second-order valence-corrected chi connectivity index (χ2v) is 17.9. The Bertz CT molecular complexity index is 2390. The van der Waals surface area contributed by atoms with Crippen molar-refractivity contribution in [2.24, 2.45) is 10.2 Å². The second kappa shape index (κ2) is 23.3. The van der Waals surface area contributed by atoms with Crippen LogP contribution in [0.2, 0.25) is 0 Å². The number of para-hydroxylation sites is 6. The Labute approximate surface area is 399 Å². The van der Waals surface area contributed by atoms with Crippen molar-refractivity contribution in [2.45, 2.75) is 10.5 Å². The van der Waals surface area contributed by atoms with Gasteiger partial charge >= 0.3 is 0 Å². The molecule has 0 fully saturated rings. The van der Waals surface area contributed by atoms with Crippen LogP contribution < -0.4 is 19.8 Å². The molecule has 0 heterocycles. The first kappa shape index (κ1) is 44.9. The van der Waals surface area contributed by atoms with Crippen molar-refractivity contribution in [3.05, 3.63) is 242 Å². The predicted molar refractivity (Wildman–Crippen MR) is 288 cm³/mol. The normalized spacial score (nSPS) is 12.2. The van der Waals surface area contributed by atoms with Gasteiger partial charge in [0, 0.05) is 56.1 Å². The van der Waals surface area contributed by atoms with Gasteiger partial charge in [-0.1, -0.05) is 133 Å². The summed E-state index contributed by atoms with van der Waals surface area (Å²) in [5, 5.41) is 14.2. The summed E-state index contributed by atoms with van der Waals surface area (Å²) in [5.74, 6) is 1.68. The molecule has 6 nitrogen and oxygen atoms in total. The van der Waals surface area contributed by atoms with Gasteiger partial charge in [-0.3, -0.25) is 10.0 Å². The molecule has 0 N–H and O–H groups in total. The van der Waals surface area contributed by atoms with Crippen LogP contribution in [-0.4, -0.2) is 47.5 Å². The van der Waals surface area contributed by atoms with Gasteiger partial charge in [0.15, 0.2) is 0 Å². The molecule has 0 aromatic heterocycles. The van der Waals surface area contributed by atoms with Crippen molar-refractivity contribution < 1.29 is 0 Å². The summed E-state index contributed by atoms with van der Waals surface area (Å²) >= 11 is 12.0. The van der Waals surface area contributed by atoms with Gasteiger partial charge in [-0.25, -0.2) is 0 Å². The van der Waals surface area contributed by atoms with Gasteiger partial charge in [0.05, 0.1) is 36.9 Å². The zero-order valence-electron chi connectivity index (χ0n) is 36.1. The molecule has 0 saturated carbocycles. The molecule has 65 heavy (non-hydrogen) atoms. The van der Waals surface area contributed by atoms with Gasteiger partial charge in [-0.05, 0) is 108 Å². The molecule has 0 aliphatic rings. The van der Waals surface area contributed by atoms with Crippen LogP contribution in [0, 0.1) is 0 Å². The Morgan fingerprint density at radius 2 is 0.585 bits per heavy atom. The van der Waals surface area contributed by atoms with E-state index in [1.165, 1.54) is 0 Å². The minimum absolute atomic E-state index is 0.0662. The number of thiol groups is 2. The summed E-state index contributed by atoms with van der Waals surface area (Å²) < 4.78 is 0. The van der Waals surface area contributed by atoms with E-state index < -0.39 is 0 Å². The third-order valence-electron chi connectivity index (χ3n) is 10.5. The molecule has 0 radical (unpaired) electrons.